The Labute approximate surface area is 265 Å². The second-order valence-electron chi connectivity index (χ2n) is 12.7. The molecule has 1 rings (SSSR count). The van der Waals surface area contributed by atoms with Gasteiger partial charge in [-0.15, -0.1) is 0 Å². The fourth-order valence-electron chi connectivity index (χ4n) is 4.63. The highest BCUT2D eigenvalue weighted by molar-refractivity contribution is 6.38. The Morgan fingerprint density at radius 3 is 2.11 bits per heavy atom. The highest BCUT2D eigenvalue weighted by atomic mass is 16.6. The van der Waals surface area contributed by atoms with Crippen LogP contribution in [0, 0.1) is 11.8 Å². The maximum Gasteiger partial charge on any atom is 0.408 e. The van der Waals surface area contributed by atoms with Crippen molar-refractivity contribution in [1.82, 2.24) is 26.2 Å². The molecule has 1 heterocycles. The molecule has 0 bridgehead atoms. The third-order valence-electron chi connectivity index (χ3n) is 6.88. The average molecular weight is 638 g/mol. The van der Waals surface area contributed by atoms with Gasteiger partial charge in [0.1, 0.15) is 36.9 Å². The Hall–Kier alpha value is -3.97. The summed E-state index contributed by atoms with van der Waals surface area (Å²) in [5.74, 6) is -5.08. The van der Waals surface area contributed by atoms with Gasteiger partial charge in [-0.25, -0.2) is 4.79 Å². The lowest BCUT2D eigenvalue weighted by Crippen LogP contribution is -2.60. The van der Waals surface area contributed by atoms with Crippen LogP contribution in [-0.4, -0.2) is 95.8 Å². The van der Waals surface area contributed by atoms with Gasteiger partial charge in [-0.3, -0.25) is 28.8 Å². The molecule has 45 heavy (non-hydrogen) atoms. The first-order chi connectivity index (χ1) is 20.9. The largest absolute Gasteiger partial charge is 0.460 e. The third-order valence-corrected chi connectivity index (χ3v) is 6.88. The molecule has 0 aromatic carbocycles. The molecule has 1 aliphatic heterocycles. The normalized spacial score (nSPS) is 16.7. The zero-order valence-electron chi connectivity index (χ0n) is 27.8. The van der Waals surface area contributed by atoms with Gasteiger partial charge in [0.2, 0.25) is 23.5 Å². The van der Waals surface area contributed by atoms with E-state index in [0.717, 1.165) is 0 Å². The van der Waals surface area contributed by atoms with Crippen molar-refractivity contribution >= 4 is 41.5 Å². The van der Waals surface area contributed by atoms with Crippen molar-refractivity contribution in [2.24, 2.45) is 11.8 Å². The van der Waals surface area contributed by atoms with Crippen LogP contribution in [0.25, 0.3) is 0 Å². The average Bonchev–Trinajstić information content (AvgIpc) is 3.44. The molecule has 14 nitrogen and oxygen atoms in total. The predicted molar refractivity (Wildman–Crippen MR) is 166 cm³/mol. The number of ether oxygens (including phenoxy) is 2. The number of hydrogen-bond donors (Lipinski definition) is 4. The molecular formula is C31H51N5O9. The predicted octanol–water partition coefficient (Wildman–Crippen LogP) is 1.37. The molecule has 1 aliphatic rings. The molecular weight excluding hydrogens is 586 g/mol. The first kappa shape index (κ1) is 39.1. The van der Waals surface area contributed by atoms with Crippen molar-refractivity contribution < 1.29 is 43.0 Å². The summed E-state index contributed by atoms with van der Waals surface area (Å²) in [6.07, 6.45) is 2.05. The van der Waals surface area contributed by atoms with E-state index in [-0.39, 0.29) is 31.4 Å². The molecule has 0 radical (unpaired) electrons. The van der Waals surface area contributed by atoms with Crippen molar-refractivity contribution in [3.63, 3.8) is 0 Å². The summed E-state index contributed by atoms with van der Waals surface area (Å²) in [5, 5.41) is 10.1. The standard InChI is InChI=1S/C31H51N5O9/c1-10-13-20(25(38)28(41)32-17-22(37)44-16-11-2)33-26(39)21-14-12-15-36(21)29(42)24(19(5)6)34-27(40)23(18(3)4)35-30(43)45-31(7,8)9/h11,18-21,23-24H,2,10,12-17H2,1,3-9H3,(H,32,41)(H,33,39)(H,34,40)(H,35,43). The zero-order chi connectivity index (χ0) is 34.5. The number of carbonyl (C=O) groups excluding carboxylic acids is 7. The van der Waals surface area contributed by atoms with Crippen LogP contribution in [-0.2, 0) is 38.2 Å². The van der Waals surface area contributed by atoms with Crippen molar-refractivity contribution in [2.45, 2.75) is 111 Å². The number of likely N-dealkylation sites (tertiary alicyclic amines) is 1. The van der Waals surface area contributed by atoms with Crippen LogP contribution in [0.5, 0.6) is 0 Å². The van der Waals surface area contributed by atoms with E-state index >= 15 is 0 Å². The number of esters is 1. The summed E-state index contributed by atoms with van der Waals surface area (Å²) >= 11 is 0. The van der Waals surface area contributed by atoms with E-state index in [0.29, 0.717) is 19.3 Å². The molecule has 254 valence electrons. The van der Waals surface area contributed by atoms with Crippen molar-refractivity contribution in [1.29, 1.82) is 0 Å². The van der Waals surface area contributed by atoms with Crippen molar-refractivity contribution in [3.05, 3.63) is 12.7 Å². The van der Waals surface area contributed by atoms with Crippen LogP contribution in [0.1, 0.15) is 81.1 Å². The lowest BCUT2D eigenvalue weighted by molar-refractivity contribution is -0.145. The Morgan fingerprint density at radius 1 is 0.956 bits per heavy atom. The Kier molecular flexibility index (Phi) is 15.7. The fraction of sp³-hybridized carbons (Fsp3) is 0.710. The second-order valence-corrected chi connectivity index (χ2v) is 12.7. The fourth-order valence-corrected chi connectivity index (χ4v) is 4.63. The lowest BCUT2D eigenvalue weighted by atomic mass is 9.99. The molecule has 1 saturated heterocycles. The summed E-state index contributed by atoms with van der Waals surface area (Å²) in [5.41, 5.74) is -0.770. The molecule has 0 aromatic heterocycles. The molecule has 0 aromatic rings. The van der Waals surface area contributed by atoms with E-state index in [9.17, 15) is 33.6 Å². The molecule has 4 unspecified atom stereocenters. The monoisotopic (exact) mass is 637 g/mol. The molecule has 0 spiro atoms. The van der Waals surface area contributed by atoms with Gasteiger partial charge in [-0.05, 0) is 51.9 Å². The number of nitrogens with one attached hydrogen (secondary N) is 4. The van der Waals surface area contributed by atoms with Crippen LogP contribution in [0.15, 0.2) is 12.7 Å². The minimum Gasteiger partial charge on any atom is -0.460 e. The third kappa shape index (κ3) is 12.9. The zero-order valence-corrected chi connectivity index (χ0v) is 27.8. The first-order valence-corrected chi connectivity index (χ1v) is 15.4. The van der Waals surface area contributed by atoms with Gasteiger partial charge in [-0.1, -0.05) is 53.7 Å². The highest BCUT2D eigenvalue weighted by Crippen LogP contribution is 2.21. The number of hydrogen-bond acceptors (Lipinski definition) is 9. The molecule has 1 fully saturated rings. The van der Waals surface area contributed by atoms with Crippen LogP contribution in [0.4, 0.5) is 4.79 Å². The van der Waals surface area contributed by atoms with Crippen LogP contribution >= 0.6 is 0 Å². The molecule has 0 saturated carbocycles. The molecule has 4 N–H and O–H groups in total. The number of ketones is 1. The van der Waals surface area contributed by atoms with Crippen LogP contribution in [0.3, 0.4) is 0 Å². The summed E-state index contributed by atoms with van der Waals surface area (Å²) in [6, 6.07) is -4.09. The van der Waals surface area contributed by atoms with Crippen LogP contribution < -0.4 is 21.3 Å². The van der Waals surface area contributed by atoms with E-state index in [4.69, 9.17) is 9.47 Å². The van der Waals surface area contributed by atoms with Gasteiger partial charge in [0.15, 0.2) is 0 Å². The molecule has 5 amide bonds. The topological polar surface area (TPSA) is 189 Å². The molecule has 0 aliphatic carbocycles. The van der Waals surface area contributed by atoms with Gasteiger partial charge >= 0.3 is 12.1 Å². The maximum atomic E-state index is 13.8. The second kappa shape index (κ2) is 18.1. The number of amides is 5. The summed E-state index contributed by atoms with van der Waals surface area (Å²) in [6.45, 7) is 17.0. The summed E-state index contributed by atoms with van der Waals surface area (Å²) < 4.78 is 10.1. The number of Topliss-reactive ketones (excluding diaryl/α,β-unsaturated/α-hetero) is 1. The summed E-state index contributed by atoms with van der Waals surface area (Å²) in [7, 11) is 0. The first-order valence-electron chi connectivity index (χ1n) is 15.4. The van der Waals surface area contributed by atoms with Gasteiger partial charge in [0, 0.05) is 6.54 Å². The Morgan fingerprint density at radius 2 is 1.58 bits per heavy atom. The van der Waals surface area contributed by atoms with E-state index in [1.54, 1.807) is 55.4 Å². The number of nitrogens with zero attached hydrogens (tertiary/aromatic N) is 1. The van der Waals surface area contributed by atoms with Gasteiger partial charge in [0.05, 0.1) is 6.04 Å². The van der Waals surface area contributed by atoms with Gasteiger partial charge in [0.25, 0.3) is 5.91 Å². The summed E-state index contributed by atoms with van der Waals surface area (Å²) in [4.78, 5) is 91.1. The smallest absolute Gasteiger partial charge is 0.408 e. The Balaban J connectivity index is 3.01. The Bertz CT molecular complexity index is 1100. The minimum atomic E-state index is -1.17. The number of carbonyl (C=O) groups is 7. The number of rotatable bonds is 16. The molecule has 4 atom stereocenters. The highest BCUT2D eigenvalue weighted by Gasteiger charge is 2.41. The van der Waals surface area contributed by atoms with Gasteiger partial charge < -0.3 is 35.6 Å². The van der Waals surface area contributed by atoms with Crippen LogP contribution in [0.2, 0.25) is 0 Å². The molecule has 14 heteroatoms. The maximum absolute atomic E-state index is 13.8. The number of alkyl carbamates (subject to hydrolysis) is 1. The SMILES string of the molecule is C=CCOC(=O)CNC(=O)C(=O)C(CCC)NC(=O)C1CCCN1C(=O)C(NC(=O)C(NC(=O)OC(C)(C)C)C(C)C)C(C)C. The van der Waals surface area contributed by atoms with Crippen molar-refractivity contribution in [2.75, 3.05) is 19.7 Å². The van der Waals surface area contributed by atoms with Crippen molar-refractivity contribution in [3.8, 4) is 0 Å². The van der Waals surface area contributed by atoms with E-state index in [1.807, 2.05) is 0 Å². The lowest BCUT2D eigenvalue weighted by Gasteiger charge is -2.32. The van der Waals surface area contributed by atoms with E-state index in [1.165, 1.54) is 11.0 Å². The minimum absolute atomic E-state index is 0.0452. The van der Waals surface area contributed by atoms with Gasteiger partial charge in [-0.2, -0.15) is 0 Å². The van der Waals surface area contributed by atoms with E-state index in [2.05, 4.69) is 27.8 Å². The quantitative estimate of drug-likeness (QED) is 0.110. The van der Waals surface area contributed by atoms with E-state index < -0.39 is 77.8 Å².